The molecule has 0 saturated heterocycles. The third kappa shape index (κ3) is 7.48. The van der Waals surface area contributed by atoms with Gasteiger partial charge in [-0.25, -0.2) is 4.79 Å². The van der Waals surface area contributed by atoms with Crippen LogP contribution in [0.4, 0.5) is 0 Å². The van der Waals surface area contributed by atoms with Crippen molar-refractivity contribution >= 4 is 39.9 Å². The minimum atomic E-state index is -1.22. The molecule has 1 aliphatic rings. The molecule has 2 aromatic rings. The van der Waals surface area contributed by atoms with E-state index in [1.165, 1.54) is 0 Å². The molecule has 8 heteroatoms. The fourth-order valence-corrected chi connectivity index (χ4v) is 5.48. The summed E-state index contributed by atoms with van der Waals surface area (Å²) in [7, 11) is -1.22. The number of rotatable bonds is 11. The lowest BCUT2D eigenvalue weighted by molar-refractivity contribution is -0.116. The van der Waals surface area contributed by atoms with Crippen LogP contribution in [0, 0.1) is 5.92 Å². The topological polar surface area (TPSA) is 82.0 Å². The van der Waals surface area contributed by atoms with E-state index in [9.17, 15) is 13.8 Å². The first kappa shape index (κ1) is 27.6. The first-order chi connectivity index (χ1) is 17.3. The van der Waals surface area contributed by atoms with E-state index < -0.39 is 16.8 Å². The van der Waals surface area contributed by atoms with Crippen molar-refractivity contribution in [1.29, 1.82) is 0 Å². The second kappa shape index (κ2) is 13.3. The molecule has 0 N–H and O–H groups in total. The zero-order valence-electron chi connectivity index (χ0n) is 20.4. The highest BCUT2D eigenvalue weighted by Gasteiger charge is 2.34. The maximum absolute atomic E-state index is 13.3. The van der Waals surface area contributed by atoms with Crippen LogP contribution >= 0.6 is 11.6 Å². The number of esters is 1. The van der Waals surface area contributed by atoms with Crippen molar-refractivity contribution in [3.63, 3.8) is 0 Å². The van der Waals surface area contributed by atoms with E-state index in [4.69, 9.17) is 21.2 Å². The molecule has 3 rings (SSSR count). The number of allylic oxidation sites excluding steroid dienone is 2. The van der Waals surface area contributed by atoms with Crippen LogP contribution in [0.25, 0.3) is 0 Å². The van der Waals surface area contributed by atoms with E-state index in [-0.39, 0.29) is 46.3 Å². The van der Waals surface area contributed by atoms with E-state index in [0.717, 1.165) is 4.90 Å². The molecule has 0 spiro atoms. The highest BCUT2D eigenvalue weighted by Crippen LogP contribution is 2.34. The van der Waals surface area contributed by atoms with Gasteiger partial charge in [-0.05, 0) is 43.0 Å². The number of carbonyl (C=O) groups excluding carboxylic acids is 2. The van der Waals surface area contributed by atoms with Gasteiger partial charge >= 0.3 is 5.97 Å². The van der Waals surface area contributed by atoms with E-state index >= 15 is 0 Å². The highest BCUT2D eigenvalue weighted by molar-refractivity contribution is 7.85. The van der Waals surface area contributed by atoms with Crippen LogP contribution in [0.1, 0.15) is 49.9 Å². The Labute approximate surface area is 219 Å². The predicted octanol–water partition coefficient (Wildman–Crippen LogP) is 6.20. The zero-order valence-corrected chi connectivity index (χ0v) is 22.0. The standard InChI is InChI=1S/C28H30ClNO5S/c1-4-24(30-34-18-19(2)29)27-25(31)16-21(15-20(3)36(33)23-13-9-6-10-14-23)17-26(27)35-28(32)22-11-7-5-8-12-22/h5-14,20-21H,2,4,15-18H2,1,3H3/b30-24-. The Morgan fingerprint density at radius 1 is 1.14 bits per heavy atom. The van der Waals surface area contributed by atoms with Gasteiger partial charge in [-0.3, -0.25) is 9.00 Å². The molecule has 190 valence electrons. The third-order valence-corrected chi connectivity index (χ3v) is 7.53. The molecule has 0 heterocycles. The van der Waals surface area contributed by atoms with Crippen molar-refractivity contribution < 1.29 is 23.4 Å². The summed E-state index contributed by atoms with van der Waals surface area (Å²) in [6, 6.07) is 17.9. The lowest BCUT2D eigenvalue weighted by Crippen LogP contribution is -2.29. The van der Waals surface area contributed by atoms with E-state index in [1.54, 1.807) is 30.3 Å². The number of oxime groups is 1. The lowest BCUT2D eigenvalue weighted by atomic mass is 9.82. The van der Waals surface area contributed by atoms with Gasteiger partial charge in [0.2, 0.25) is 0 Å². The molecule has 36 heavy (non-hydrogen) atoms. The number of Topliss-reactive ketones (excluding diaryl/α,β-unsaturated/α-hetero) is 1. The van der Waals surface area contributed by atoms with Crippen LogP contribution in [-0.4, -0.2) is 33.5 Å². The van der Waals surface area contributed by atoms with Gasteiger partial charge in [0, 0.05) is 23.0 Å². The normalized spacial score (nSPS) is 17.9. The van der Waals surface area contributed by atoms with Gasteiger partial charge < -0.3 is 9.57 Å². The maximum Gasteiger partial charge on any atom is 0.343 e. The first-order valence-corrected chi connectivity index (χ1v) is 13.4. The van der Waals surface area contributed by atoms with Crippen LogP contribution < -0.4 is 0 Å². The molecule has 3 unspecified atom stereocenters. The Balaban J connectivity index is 1.87. The Morgan fingerprint density at radius 2 is 1.78 bits per heavy atom. The fourth-order valence-electron chi connectivity index (χ4n) is 4.09. The largest absolute Gasteiger partial charge is 0.427 e. The number of ketones is 1. The summed E-state index contributed by atoms with van der Waals surface area (Å²) < 4.78 is 18.8. The Morgan fingerprint density at radius 3 is 2.39 bits per heavy atom. The molecule has 0 aliphatic heterocycles. The van der Waals surface area contributed by atoms with Crippen molar-refractivity contribution in [2.75, 3.05) is 6.61 Å². The number of ether oxygens (including phenoxy) is 1. The summed E-state index contributed by atoms with van der Waals surface area (Å²) in [5, 5.41) is 4.18. The van der Waals surface area contributed by atoms with Crippen molar-refractivity contribution in [3.8, 4) is 0 Å². The van der Waals surface area contributed by atoms with Gasteiger partial charge in [0.05, 0.1) is 32.7 Å². The number of hydrogen-bond acceptors (Lipinski definition) is 6. The minimum Gasteiger partial charge on any atom is -0.427 e. The van der Waals surface area contributed by atoms with E-state index in [2.05, 4.69) is 11.7 Å². The molecule has 2 aromatic carbocycles. The molecule has 0 aromatic heterocycles. The van der Waals surface area contributed by atoms with E-state index in [0.29, 0.717) is 30.5 Å². The molecule has 3 atom stereocenters. The number of benzene rings is 2. The summed E-state index contributed by atoms with van der Waals surface area (Å²) in [5.41, 5.74) is 1.02. The summed E-state index contributed by atoms with van der Waals surface area (Å²) in [6.07, 6.45) is 1.51. The molecule has 0 saturated carbocycles. The van der Waals surface area contributed by atoms with E-state index in [1.807, 2.05) is 44.2 Å². The lowest BCUT2D eigenvalue weighted by Gasteiger charge is -2.27. The van der Waals surface area contributed by atoms with Crippen LogP contribution in [0.3, 0.4) is 0 Å². The Kier molecular flexibility index (Phi) is 10.2. The minimum absolute atomic E-state index is 0.00287. The monoisotopic (exact) mass is 527 g/mol. The zero-order chi connectivity index (χ0) is 26.1. The third-order valence-electron chi connectivity index (χ3n) is 5.76. The predicted molar refractivity (Wildman–Crippen MR) is 142 cm³/mol. The van der Waals surface area contributed by atoms with Gasteiger partial charge in [-0.2, -0.15) is 0 Å². The molecular formula is C28H30ClNO5S. The average molecular weight is 528 g/mol. The number of hydrogen-bond donors (Lipinski definition) is 0. The molecule has 6 nitrogen and oxygen atoms in total. The number of halogens is 1. The smallest absolute Gasteiger partial charge is 0.343 e. The molecule has 0 amide bonds. The first-order valence-electron chi connectivity index (χ1n) is 11.8. The van der Waals surface area contributed by atoms with Gasteiger partial charge in [-0.15, -0.1) is 0 Å². The number of nitrogens with zero attached hydrogens (tertiary/aromatic N) is 1. The van der Waals surface area contributed by atoms with Crippen molar-refractivity contribution in [2.45, 2.75) is 49.7 Å². The summed E-state index contributed by atoms with van der Waals surface area (Å²) in [5.74, 6) is -0.613. The van der Waals surface area contributed by atoms with Gasteiger partial charge in [0.15, 0.2) is 12.4 Å². The molecule has 1 aliphatic carbocycles. The van der Waals surface area contributed by atoms with Crippen LogP contribution in [0.15, 0.2) is 93.7 Å². The Hall–Kier alpha value is -3.03. The van der Waals surface area contributed by atoms with Gasteiger partial charge in [0.25, 0.3) is 0 Å². The van der Waals surface area contributed by atoms with Gasteiger partial charge in [0.1, 0.15) is 5.76 Å². The summed E-state index contributed by atoms with van der Waals surface area (Å²) >= 11 is 5.76. The Bertz CT molecular complexity index is 1180. The molecule has 0 radical (unpaired) electrons. The number of carbonyl (C=O) groups is 2. The van der Waals surface area contributed by atoms with Crippen LogP contribution in [-0.2, 0) is 25.2 Å². The molecular weight excluding hydrogens is 498 g/mol. The quantitative estimate of drug-likeness (QED) is 0.197. The second-order valence-corrected chi connectivity index (χ2v) is 11.0. The maximum atomic E-state index is 13.3. The van der Waals surface area contributed by atoms with Crippen molar-refractivity contribution in [2.24, 2.45) is 11.1 Å². The summed E-state index contributed by atoms with van der Waals surface area (Å²) in [4.78, 5) is 32.2. The average Bonchev–Trinajstić information content (AvgIpc) is 2.87. The van der Waals surface area contributed by atoms with Crippen molar-refractivity contribution in [1.82, 2.24) is 0 Å². The SMILES string of the molecule is C=C(Cl)CO/N=C(/CC)C1=C(OC(=O)c2ccccc2)CC(CC(C)S(=O)c2ccccc2)CC1=O. The molecule has 0 fully saturated rings. The van der Waals surface area contributed by atoms with Gasteiger partial charge in [-0.1, -0.05) is 73.6 Å². The molecule has 0 bridgehead atoms. The van der Waals surface area contributed by atoms with Crippen LogP contribution in [0.2, 0.25) is 0 Å². The summed E-state index contributed by atoms with van der Waals surface area (Å²) in [6.45, 7) is 7.31. The fraction of sp³-hybridized carbons (Fsp3) is 0.321. The van der Waals surface area contributed by atoms with Crippen molar-refractivity contribution in [3.05, 3.63) is 89.2 Å². The highest BCUT2D eigenvalue weighted by atomic mass is 35.5. The van der Waals surface area contributed by atoms with Crippen LogP contribution in [0.5, 0.6) is 0 Å². The second-order valence-electron chi connectivity index (χ2n) is 8.59.